The zero-order chi connectivity index (χ0) is 13.9. The number of hydrogen-bond acceptors (Lipinski definition) is 2. The molecule has 0 spiro atoms. The van der Waals surface area contributed by atoms with Crippen LogP contribution in [0.4, 0.5) is 19.0 Å². The van der Waals surface area contributed by atoms with Crippen LogP contribution in [0, 0.1) is 0 Å². The van der Waals surface area contributed by atoms with Crippen LogP contribution in [0.25, 0.3) is 0 Å². The van der Waals surface area contributed by atoms with Gasteiger partial charge >= 0.3 is 6.18 Å². The maximum absolute atomic E-state index is 12.4. The molecular weight excluding hydrogens is 255 g/mol. The smallest absolute Gasteiger partial charge is 0.368 e. The lowest BCUT2D eigenvalue weighted by Gasteiger charge is -2.08. The molecule has 102 valence electrons. The van der Waals surface area contributed by atoms with Crippen molar-refractivity contribution in [3.05, 3.63) is 47.7 Å². The van der Waals surface area contributed by atoms with Gasteiger partial charge in [0.15, 0.2) is 0 Å². The third-order valence-electron chi connectivity index (χ3n) is 2.71. The lowest BCUT2D eigenvalue weighted by molar-refractivity contribution is -0.137. The molecule has 1 heterocycles. The van der Waals surface area contributed by atoms with Crippen LogP contribution in [0.3, 0.4) is 0 Å². The summed E-state index contributed by atoms with van der Waals surface area (Å²) in [7, 11) is 1.82. The number of aryl methyl sites for hydroxylation is 1. The highest BCUT2D eigenvalue weighted by atomic mass is 19.4. The second-order valence-electron chi connectivity index (χ2n) is 4.25. The van der Waals surface area contributed by atoms with Gasteiger partial charge in [-0.1, -0.05) is 12.1 Å². The molecule has 0 aliphatic rings. The number of alkyl halides is 3. The van der Waals surface area contributed by atoms with E-state index >= 15 is 0 Å². The average molecular weight is 269 g/mol. The third-order valence-corrected chi connectivity index (χ3v) is 2.71. The van der Waals surface area contributed by atoms with Crippen LogP contribution < -0.4 is 5.32 Å². The van der Waals surface area contributed by atoms with Crippen LogP contribution in [0.15, 0.2) is 36.5 Å². The van der Waals surface area contributed by atoms with Gasteiger partial charge in [-0.15, -0.1) is 0 Å². The molecule has 0 saturated carbocycles. The standard InChI is InChI=1S/C13H14F3N3/c1-19-9-7-12(18-19)17-8-6-10-2-4-11(5-3-10)13(14,15)16/h2-5,7,9H,6,8H2,1H3,(H,17,18). The first-order valence-corrected chi connectivity index (χ1v) is 5.85. The number of hydrogen-bond donors (Lipinski definition) is 1. The highest BCUT2D eigenvalue weighted by molar-refractivity contribution is 5.32. The predicted octanol–water partition coefficient (Wildman–Crippen LogP) is 3.09. The van der Waals surface area contributed by atoms with Gasteiger partial charge in [0.25, 0.3) is 0 Å². The van der Waals surface area contributed by atoms with Crippen molar-refractivity contribution in [3.8, 4) is 0 Å². The summed E-state index contributed by atoms with van der Waals surface area (Å²) in [6.07, 6.45) is -1.81. The summed E-state index contributed by atoms with van der Waals surface area (Å²) in [4.78, 5) is 0. The van der Waals surface area contributed by atoms with Crippen LogP contribution in [0.1, 0.15) is 11.1 Å². The first-order chi connectivity index (χ1) is 8.95. The van der Waals surface area contributed by atoms with Gasteiger partial charge in [-0.3, -0.25) is 4.68 Å². The van der Waals surface area contributed by atoms with Crippen LogP contribution in [-0.2, 0) is 19.6 Å². The molecule has 1 aromatic carbocycles. The molecule has 2 rings (SSSR count). The van der Waals surface area contributed by atoms with Crippen LogP contribution in [0.2, 0.25) is 0 Å². The van der Waals surface area contributed by atoms with Crippen molar-refractivity contribution in [2.24, 2.45) is 7.05 Å². The number of aromatic nitrogens is 2. The molecule has 0 atom stereocenters. The Bertz CT molecular complexity index is 529. The Hall–Kier alpha value is -1.98. The predicted molar refractivity (Wildman–Crippen MR) is 66.8 cm³/mol. The zero-order valence-electron chi connectivity index (χ0n) is 10.4. The molecule has 0 saturated heterocycles. The summed E-state index contributed by atoms with van der Waals surface area (Å²) >= 11 is 0. The Balaban J connectivity index is 1.86. The van der Waals surface area contributed by atoms with Crippen molar-refractivity contribution in [2.75, 3.05) is 11.9 Å². The molecule has 0 aliphatic heterocycles. The highest BCUT2D eigenvalue weighted by Gasteiger charge is 2.29. The van der Waals surface area contributed by atoms with Gasteiger partial charge in [-0.2, -0.15) is 18.3 Å². The van der Waals surface area contributed by atoms with E-state index in [0.717, 1.165) is 23.5 Å². The number of nitrogens with one attached hydrogen (secondary N) is 1. The molecule has 3 nitrogen and oxygen atoms in total. The van der Waals surface area contributed by atoms with Crippen molar-refractivity contribution in [3.63, 3.8) is 0 Å². The Morgan fingerprint density at radius 3 is 2.37 bits per heavy atom. The maximum Gasteiger partial charge on any atom is 0.416 e. The van der Waals surface area contributed by atoms with E-state index in [-0.39, 0.29) is 0 Å². The van der Waals surface area contributed by atoms with Crippen molar-refractivity contribution < 1.29 is 13.2 Å². The Kier molecular flexibility index (Phi) is 3.78. The van der Waals surface area contributed by atoms with Crippen LogP contribution in [-0.4, -0.2) is 16.3 Å². The number of benzene rings is 1. The SMILES string of the molecule is Cn1ccc(NCCc2ccc(C(F)(F)F)cc2)n1. The molecule has 1 N–H and O–H groups in total. The summed E-state index contributed by atoms with van der Waals surface area (Å²) in [5, 5.41) is 7.25. The lowest BCUT2D eigenvalue weighted by Crippen LogP contribution is -2.07. The molecule has 2 aromatic rings. The van der Waals surface area contributed by atoms with Crippen molar-refractivity contribution in [2.45, 2.75) is 12.6 Å². The van der Waals surface area contributed by atoms with E-state index in [4.69, 9.17) is 0 Å². The minimum absolute atomic E-state index is 0.617. The number of halogens is 3. The van der Waals surface area contributed by atoms with Gasteiger partial charge in [-0.05, 0) is 24.1 Å². The third kappa shape index (κ3) is 3.74. The summed E-state index contributed by atoms with van der Waals surface area (Å²) in [5.41, 5.74) is 0.241. The van der Waals surface area contributed by atoms with Crippen LogP contribution in [0.5, 0.6) is 0 Å². The van der Waals surface area contributed by atoms with Gasteiger partial charge in [-0.25, -0.2) is 0 Å². The van der Waals surface area contributed by atoms with E-state index in [2.05, 4.69) is 10.4 Å². The van der Waals surface area contributed by atoms with Gasteiger partial charge in [0.1, 0.15) is 5.82 Å². The van der Waals surface area contributed by atoms with E-state index in [1.54, 1.807) is 4.68 Å². The minimum Gasteiger partial charge on any atom is -0.368 e. The van der Waals surface area contributed by atoms with E-state index in [1.165, 1.54) is 12.1 Å². The monoisotopic (exact) mass is 269 g/mol. The summed E-state index contributed by atoms with van der Waals surface area (Å²) in [6.45, 7) is 0.627. The van der Waals surface area contributed by atoms with Gasteiger partial charge in [0.2, 0.25) is 0 Å². The van der Waals surface area contributed by atoms with Crippen molar-refractivity contribution >= 4 is 5.82 Å². The number of anilines is 1. The highest BCUT2D eigenvalue weighted by Crippen LogP contribution is 2.29. The molecule has 1 aromatic heterocycles. The number of rotatable bonds is 4. The largest absolute Gasteiger partial charge is 0.416 e. The molecule has 0 fully saturated rings. The van der Waals surface area contributed by atoms with Crippen molar-refractivity contribution in [1.29, 1.82) is 0 Å². The maximum atomic E-state index is 12.4. The fraction of sp³-hybridized carbons (Fsp3) is 0.308. The molecule has 6 heteroatoms. The lowest BCUT2D eigenvalue weighted by atomic mass is 10.1. The summed E-state index contributed by atoms with van der Waals surface area (Å²) in [5.74, 6) is 0.759. The van der Waals surface area contributed by atoms with E-state index in [0.29, 0.717) is 13.0 Å². The van der Waals surface area contributed by atoms with E-state index in [9.17, 15) is 13.2 Å². The second kappa shape index (κ2) is 5.34. The molecule has 0 aliphatic carbocycles. The molecule has 0 unspecified atom stereocenters. The zero-order valence-corrected chi connectivity index (χ0v) is 10.4. The summed E-state index contributed by atoms with van der Waals surface area (Å²) < 4.78 is 38.8. The first kappa shape index (κ1) is 13.5. The average Bonchev–Trinajstić information content (AvgIpc) is 2.75. The topological polar surface area (TPSA) is 29.9 Å². The Labute approximate surface area is 109 Å². The normalized spacial score (nSPS) is 11.6. The Morgan fingerprint density at radius 1 is 1.16 bits per heavy atom. The van der Waals surface area contributed by atoms with Gasteiger partial charge in [0.05, 0.1) is 5.56 Å². The molecule has 0 bridgehead atoms. The second-order valence-corrected chi connectivity index (χ2v) is 4.25. The Morgan fingerprint density at radius 2 is 1.84 bits per heavy atom. The minimum atomic E-state index is -4.27. The van der Waals surface area contributed by atoms with E-state index < -0.39 is 11.7 Å². The first-order valence-electron chi connectivity index (χ1n) is 5.85. The molecule has 19 heavy (non-hydrogen) atoms. The van der Waals surface area contributed by atoms with Gasteiger partial charge < -0.3 is 5.32 Å². The molecular formula is C13H14F3N3. The fourth-order valence-electron chi connectivity index (χ4n) is 1.70. The molecule has 0 radical (unpaired) electrons. The molecule has 0 amide bonds. The van der Waals surface area contributed by atoms with Gasteiger partial charge in [0, 0.05) is 25.9 Å². The fourth-order valence-corrected chi connectivity index (χ4v) is 1.70. The van der Waals surface area contributed by atoms with Crippen LogP contribution >= 0.6 is 0 Å². The van der Waals surface area contributed by atoms with Crippen molar-refractivity contribution in [1.82, 2.24) is 9.78 Å². The van der Waals surface area contributed by atoms with E-state index in [1.807, 2.05) is 19.3 Å². The quantitative estimate of drug-likeness (QED) is 0.924. The summed E-state index contributed by atoms with van der Waals surface area (Å²) in [6, 6.07) is 7.06. The number of nitrogens with zero attached hydrogens (tertiary/aromatic N) is 2.